The van der Waals surface area contributed by atoms with Gasteiger partial charge in [-0.2, -0.15) is 0 Å². The molecule has 24 heavy (non-hydrogen) atoms. The van der Waals surface area contributed by atoms with Crippen molar-refractivity contribution in [2.24, 2.45) is 0 Å². The van der Waals surface area contributed by atoms with E-state index in [1.165, 1.54) is 0 Å². The summed E-state index contributed by atoms with van der Waals surface area (Å²) >= 11 is 0. The molecular weight excluding hydrogens is 304 g/mol. The van der Waals surface area contributed by atoms with Crippen LogP contribution in [0.1, 0.15) is 31.1 Å². The van der Waals surface area contributed by atoms with Crippen molar-refractivity contribution < 1.29 is 9.53 Å². The Morgan fingerprint density at radius 3 is 2.42 bits per heavy atom. The molecule has 0 spiro atoms. The van der Waals surface area contributed by atoms with Crippen LogP contribution in [-0.2, 0) is 4.74 Å². The van der Waals surface area contributed by atoms with Gasteiger partial charge in [-0.3, -0.25) is 4.79 Å². The highest BCUT2D eigenvalue weighted by Gasteiger charge is 2.27. The van der Waals surface area contributed by atoms with Gasteiger partial charge in [0.05, 0.1) is 17.8 Å². The van der Waals surface area contributed by atoms with E-state index >= 15 is 0 Å². The molecule has 1 amide bonds. The van der Waals surface area contributed by atoms with Crippen LogP contribution in [-0.4, -0.2) is 78.7 Å². The molecular formula is C18H28N4O2. The molecule has 2 fully saturated rings. The lowest BCUT2D eigenvalue weighted by Gasteiger charge is -2.38. The Morgan fingerprint density at radius 1 is 1.12 bits per heavy atom. The Kier molecular flexibility index (Phi) is 5.06. The molecule has 3 rings (SSSR count). The number of amides is 1. The van der Waals surface area contributed by atoms with E-state index in [9.17, 15) is 4.79 Å². The third-order valence-corrected chi connectivity index (χ3v) is 4.83. The van der Waals surface area contributed by atoms with Crippen LogP contribution in [0.2, 0.25) is 0 Å². The average molecular weight is 332 g/mol. The summed E-state index contributed by atoms with van der Waals surface area (Å²) < 4.78 is 5.77. The Labute approximate surface area is 144 Å². The Balaban J connectivity index is 1.69. The van der Waals surface area contributed by atoms with Crippen molar-refractivity contribution in [1.29, 1.82) is 0 Å². The number of rotatable bonds is 2. The molecule has 0 unspecified atom stereocenters. The molecule has 0 aliphatic carbocycles. The monoisotopic (exact) mass is 332 g/mol. The predicted octanol–water partition coefficient (Wildman–Crippen LogP) is 1.47. The molecule has 0 aromatic carbocycles. The van der Waals surface area contributed by atoms with Gasteiger partial charge < -0.3 is 19.4 Å². The molecule has 6 heteroatoms. The zero-order valence-electron chi connectivity index (χ0n) is 15.1. The summed E-state index contributed by atoms with van der Waals surface area (Å²) in [6.07, 6.45) is 2.11. The highest BCUT2D eigenvalue weighted by Crippen LogP contribution is 2.19. The Morgan fingerprint density at radius 2 is 1.83 bits per heavy atom. The van der Waals surface area contributed by atoms with Crippen LogP contribution in [0.25, 0.3) is 0 Å². The van der Waals surface area contributed by atoms with E-state index in [4.69, 9.17) is 4.74 Å². The summed E-state index contributed by atoms with van der Waals surface area (Å²) in [7, 11) is 2.10. The van der Waals surface area contributed by atoms with E-state index in [-0.39, 0.29) is 24.2 Å². The molecule has 1 aromatic rings. The molecule has 2 saturated heterocycles. The summed E-state index contributed by atoms with van der Waals surface area (Å²) in [5.41, 5.74) is 0.671. The van der Waals surface area contributed by atoms with Crippen LogP contribution in [0.4, 0.5) is 5.82 Å². The van der Waals surface area contributed by atoms with Gasteiger partial charge in [0, 0.05) is 45.0 Å². The van der Waals surface area contributed by atoms with Gasteiger partial charge in [0.2, 0.25) is 0 Å². The van der Waals surface area contributed by atoms with Gasteiger partial charge in [-0.05, 0) is 40.0 Å². The number of carbonyl (C=O) groups excluding carboxylic acids is 1. The minimum Gasteiger partial charge on any atom is -0.372 e. The van der Waals surface area contributed by atoms with Gasteiger partial charge in [0.25, 0.3) is 5.91 Å². The van der Waals surface area contributed by atoms with Gasteiger partial charge in [-0.25, -0.2) is 4.98 Å². The second kappa shape index (κ2) is 7.07. The van der Waals surface area contributed by atoms with E-state index in [0.29, 0.717) is 5.56 Å². The number of carbonyl (C=O) groups is 1. The number of nitrogens with zero attached hydrogens (tertiary/aromatic N) is 4. The topological polar surface area (TPSA) is 48.9 Å². The molecule has 132 valence electrons. The summed E-state index contributed by atoms with van der Waals surface area (Å²) in [5, 5.41) is 0. The lowest BCUT2D eigenvalue weighted by molar-refractivity contribution is -0.00546. The van der Waals surface area contributed by atoms with Gasteiger partial charge in [-0.1, -0.05) is 0 Å². The van der Waals surface area contributed by atoms with Gasteiger partial charge in [0.15, 0.2) is 0 Å². The van der Waals surface area contributed by atoms with Crippen molar-refractivity contribution in [3.05, 3.63) is 23.9 Å². The number of morpholine rings is 1. The lowest BCUT2D eigenvalue weighted by atomic mass is 10.1. The minimum absolute atomic E-state index is 0.0818. The smallest absolute Gasteiger partial charge is 0.255 e. The number of aromatic nitrogens is 1. The van der Waals surface area contributed by atoms with Crippen molar-refractivity contribution in [1.82, 2.24) is 14.8 Å². The summed E-state index contributed by atoms with van der Waals surface area (Å²) in [4.78, 5) is 23.7. The second-order valence-electron chi connectivity index (χ2n) is 7.18. The van der Waals surface area contributed by atoms with E-state index in [2.05, 4.69) is 42.6 Å². The molecule has 2 aliphatic heterocycles. The van der Waals surface area contributed by atoms with Crippen molar-refractivity contribution in [2.75, 3.05) is 44.7 Å². The fraction of sp³-hybridized carbons (Fsp3) is 0.667. The molecule has 3 heterocycles. The highest BCUT2D eigenvalue weighted by atomic mass is 16.5. The maximum absolute atomic E-state index is 12.7. The molecule has 3 atom stereocenters. The molecule has 6 nitrogen and oxygen atoms in total. The first kappa shape index (κ1) is 17.2. The molecule has 1 aromatic heterocycles. The lowest BCUT2D eigenvalue weighted by Crippen LogP contribution is -2.52. The standard InChI is InChI=1S/C18H28N4O2/c1-13-10-20(4)7-8-22(13)18(23)16-5-6-17(19-9-16)21-11-14(2)24-15(3)12-21/h5-6,9,13-15H,7-8,10-12H2,1-4H3/t13-,14-,15+/m1/s1. The van der Waals surface area contributed by atoms with E-state index in [0.717, 1.165) is 38.5 Å². The van der Waals surface area contributed by atoms with Crippen LogP contribution in [0, 0.1) is 0 Å². The Bertz CT molecular complexity index is 567. The third-order valence-electron chi connectivity index (χ3n) is 4.83. The van der Waals surface area contributed by atoms with Crippen molar-refractivity contribution in [3.8, 4) is 0 Å². The van der Waals surface area contributed by atoms with Crippen LogP contribution in [0.5, 0.6) is 0 Å². The number of piperazine rings is 1. The van der Waals surface area contributed by atoms with E-state index in [1.54, 1.807) is 6.20 Å². The fourth-order valence-electron chi connectivity index (χ4n) is 3.67. The predicted molar refractivity (Wildman–Crippen MR) is 94.5 cm³/mol. The maximum atomic E-state index is 12.7. The first-order chi connectivity index (χ1) is 11.4. The minimum atomic E-state index is 0.0818. The highest BCUT2D eigenvalue weighted by molar-refractivity contribution is 5.94. The number of ether oxygens (including phenoxy) is 1. The van der Waals surface area contributed by atoms with Crippen molar-refractivity contribution in [2.45, 2.75) is 39.0 Å². The number of hydrogen-bond donors (Lipinski definition) is 0. The number of anilines is 1. The molecule has 2 aliphatic rings. The van der Waals surface area contributed by atoms with E-state index in [1.807, 2.05) is 17.0 Å². The van der Waals surface area contributed by atoms with Crippen LogP contribution >= 0.6 is 0 Å². The van der Waals surface area contributed by atoms with Crippen LogP contribution in [0.3, 0.4) is 0 Å². The summed E-state index contributed by atoms with van der Waals surface area (Å²) in [6, 6.07) is 4.09. The first-order valence-electron chi connectivity index (χ1n) is 8.80. The third kappa shape index (κ3) is 3.70. The number of pyridine rings is 1. The number of hydrogen-bond acceptors (Lipinski definition) is 5. The molecule has 0 N–H and O–H groups in total. The molecule has 0 radical (unpaired) electrons. The van der Waals surface area contributed by atoms with Crippen LogP contribution < -0.4 is 4.90 Å². The van der Waals surface area contributed by atoms with Crippen molar-refractivity contribution >= 4 is 11.7 Å². The van der Waals surface area contributed by atoms with Gasteiger partial charge in [-0.15, -0.1) is 0 Å². The molecule has 0 bridgehead atoms. The molecule has 0 saturated carbocycles. The second-order valence-corrected chi connectivity index (χ2v) is 7.18. The zero-order chi connectivity index (χ0) is 17.3. The average Bonchev–Trinajstić information content (AvgIpc) is 2.53. The van der Waals surface area contributed by atoms with Crippen molar-refractivity contribution in [3.63, 3.8) is 0 Å². The first-order valence-corrected chi connectivity index (χ1v) is 8.80. The summed E-state index contributed by atoms with van der Waals surface area (Å²) in [6.45, 7) is 10.5. The zero-order valence-corrected chi connectivity index (χ0v) is 15.1. The summed E-state index contributed by atoms with van der Waals surface area (Å²) in [5.74, 6) is 0.998. The Hall–Kier alpha value is -1.66. The van der Waals surface area contributed by atoms with Gasteiger partial charge in [0.1, 0.15) is 5.82 Å². The maximum Gasteiger partial charge on any atom is 0.255 e. The largest absolute Gasteiger partial charge is 0.372 e. The van der Waals surface area contributed by atoms with Crippen LogP contribution in [0.15, 0.2) is 18.3 Å². The SMILES string of the molecule is C[C@@H]1CN(c2ccc(C(=O)N3CCN(C)C[C@H]3C)cn2)C[C@H](C)O1. The van der Waals surface area contributed by atoms with Gasteiger partial charge >= 0.3 is 0 Å². The fourth-order valence-corrected chi connectivity index (χ4v) is 3.67. The quantitative estimate of drug-likeness (QED) is 0.821. The number of likely N-dealkylation sites (N-methyl/N-ethyl adjacent to an activating group) is 1. The normalized spacial score (nSPS) is 28.9. The van der Waals surface area contributed by atoms with E-state index < -0.39 is 0 Å².